The molecule has 1 aromatic heterocycles. The minimum absolute atomic E-state index is 0.0936. The third-order valence-electron chi connectivity index (χ3n) is 2.54. The molecule has 0 aliphatic heterocycles. The van der Waals surface area contributed by atoms with Crippen molar-refractivity contribution in [3.05, 3.63) is 54.0 Å². The Bertz CT molecular complexity index is 552. The number of carbonyl (C=O) groups excluding carboxylic acids is 1. The van der Waals surface area contributed by atoms with E-state index in [1.165, 1.54) is 19.1 Å². The number of aromatic nitrogens is 1. The van der Waals surface area contributed by atoms with Crippen LogP contribution in [0.1, 0.15) is 12.5 Å². The summed E-state index contributed by atoms with van der Waals surface area (Å²) in [7, 11) is 0. The van der Waals surface area contributed by atoms with E-state index in [2.05, 4.69) is 10.3 Å². The van der Waals surface area contributed by atoms with Crippen LogP contribution < -0.4 is 5.32 Å². The van der Waals surface area contributed by atoms with Crippen molar-refractivity contribution in [2.45, 2.75) is 13.5 Å². The number of hydrogen-bond acceptors (Lipinski definition) is 2. The molecule has 2 rings (SSSR count). The van der Waals surface area contributed by atoms with Crippen molar-refractivity contribution in [2.24, 2.45) is 0 Å². The van der Waals surface area contributed by atoms with E-state index < -0.39 is 0 Å². The molecule has 0 atom stereocenters. The summed E-state index contributed by atoms with van der Waals surface area (Å²) in [5.74, 6) is -0.373. The number of halogens is 1. The number of nitrogens with one attached hydrogen (secondary N) is 1. The van der Waals surface area contributed by atoms with Gasteiger partial charge in [0.2, 0.25) is 5.91 Å². The van der Waals surface area contributed by atoms with Gasteiger partial charge in [-0.25, -0.2) is 4.39 Å². The lowest BCUT2D eigenvalue weighted by molar-refractivity contribution is -0.119. The van der Waals surface area contributed by atoms with Crippen LogP contribution in [0.2, 0.25) is 0 Å². The Morgan fingerprint density at radius 3 is 2.67 bits per heavy atom. The van der Waals surface area contributed by atoms with E-state index in [4.69, 9.17) is 0 Å². The van der Waals surface area contributed by atoms with Crippen LogP contribution in [0.4, 0.5) is 4.39 Å². The average molecular weight is 244 g/mol. The zero-order valence-electron chi connectivity index (χ0n) is 9.98. The van der Waals surface area contributed by atoms with Crippen LogP contribution in [-0.2, 0) is 11.3 Å². The van der Waals surface area contributed by atoms with Crippen molar-refractivity contribution in [3.63, 3.8) is 0 Å². The molecular weight excluding hydrogens is 231 g/mol. The summed E-state index contributed by atoms with van der Waals surface area (Å²) in [6, 6.07) is 9.84. The molecule has 1 N–H and O–H groups in total. The highest BCUT2D eigenvalue weighted by atomic mass is 19.1. The number of rotatable bonds is 3. The predicted molar refractivity (Wildman–Crippen MR) is 67.2 cm³/mol. The van der Waals surface area contributed by atoms with E-state index in [1.807, 2.05) is 12.1 Å². The Hall–Kier alpha value is -2.23. The van der Waals surface area contributed by atoms with Crippen molar-refractivity contribution in [3.8, 4) is 11.3 Å². The molecule has 0 fully saturated rings. The quantitative estimate of drug-likeness (QED) is 0.901. The van der Waals surface area contributed by atoms with Crippen LogP contribution in [0.15, 0.2) is 42.6 Å². The van der Waals surface area contributed by atoms with Gasteiger partial charge in [0, 0.05) is 25.2 Å². The van der Waals surface area contributed by atoms with Gasteiger partial charge in [-0.1, -0.05) is 6.07 Å². The maximum atomic E-state index is 12.9. The van der Waals surface area contributed by atoms with Crippen LogP contribution in [-0.4, -0.2) is 10.9 Å². The van der Waals surface area contributed by atoms with E-state index in [9.17, 15) is 9.18 Å². The summed E-state index contributed by atoms with van der Waals surface area (Å²) < 4.78 is 12.9. The molecule has 3 nitrogen and oxygen atoms in total. The summed E-state index contributed by atoms with van der Waals surface area (Å²) in [4.78, 5) is 15.2. The first-order valence-corrected chi connectivity index (χ1v) is 5.61. The molecule has 1 heterocycles. The second kappa shape index (κ2) is 5.40. The zero-order valence-corrected chi connectivity index (χ0v) is 9.98. The van der Waals surface area contributed by atoms with E-state index in [-0.39, 0.29) is 11.7 Å². The summed E-state index contributed by atoms with van der Waals surface area (Å²) in [5, 5.41) is 2.73. The third-order valence-corrected chi connectivity index (χ3v) is 2.54. The molecular formula is C14H13FN2O. The SMILES string of the molecule is CC(=O)NCc1cccnc1-c1ccc(F)cc1. The van der Waals surface area contributed by atoms with Gasteiger partial charge in [0.25, 0.3) is 0 Å². The molecule has 1 amide bonds. The molecule has 0 saturated heterocycles. The third kappa shape index (κ3) is 2.91. The van der Waals surface area contributed by atoms with Gasteiger partial charge in [0.15, 0.2) is 0 Å². The summed E-state index contributed by atoms with van der Waals surface area (Å²) in [6.07, 6.45) is 1.68. The largest absolute Gasteiger partial charge is 0.352 e. The minimum atomic E-state index is -0.280. The Morgan fingerprint density at radius 2 is 2.00 bits per heavy atom. The first kappa shape index (κ1) is 12.2. The molecule has 0 saturated carbocycles. The highest BCUT2D eigenvalue weighted by Crippen LogP contribution is 2.21. The van der Waals surface area contributed by atoms with Crippen molar-refractivity contribution in [2.75, 3.05) is 0 Å². The smallest absolute Gasteiger partial charge is 0.217 e. The Morgan fingerprint density at radius 1 is 1.28 bits per heavy atom. The number of nitrogens with zero attached hydrogens (tertiary/aromatic N) is 1. The lowest BCUT2D eigenvalue weighted by atomic mass is 10.1. The number of hydrogen-bond donors (Lipinski definition) is 1. The highest BCUT2D eigenvalue weighted by Gasteiger charge is 2.06. The molecule has 0 spiro atoms. The van der Waals surface area contributed by atoms with Crippen LogP contribution in [0.25, 0.3) is 11.3 Å². The van der Waals surface area contributed by atoms with Gasteiger partial charge in [-0.15, -0.1) is 0 Å². The van der Waals surface area contributed by atoms with Crippen molar-refractivity contribution in [1.29, 1.82) is 0 Å². The van der Waals surface area contributed by atoms with Gasteiger partial charge in [-0.2, -0.15) is 0 Å². The molecule has 18 heavy (non-hydrogen) atoms. The topological polar surface area (TPSA) is 42.0 Å². The number of benzene rings is 1. The molecule has 0 aliphatic carbocycles. The predicted octanol–water partition coefficient (Wildman–Crippen LogP) is 2.52. The van der Waals surface area contributed by atoms with Crippen molar-refractivity contribution in [1.82, 2.24) is 10.3 Å². The standard InChI is InChI=1S/C14H13FN2O/c1-10(18)17-9-12-3-2-8-16-14(12)11-4-6-13(15)7-5-11/h2-8H,9H2,1H3,(H,17,18). The van der Waals surface area contributed by atoms with Gasteiger partial charge < -0.3 is 5.32 Å². The van der Waals surface area contributed by atoms with E-state index >= 15 is 0 Å². The molecule has 0 bridgehead atoms. The second-order valence-electron chi connectivity index (χ2n) is 3.93. The molecule has 0 radical (unpaired) electrons. The number of amides is 1. The maximum absolute atomic E-state index is 12.9. The second-order valence-corrected chi connectivity index (χ2v) is 3.93. The van der Waals surface area contributed by atoms with Crippen LogP contribution >= 0.6 is 0 Å². The fourth-order valence-electron chi connectivity index (χ4n) is 1.67. The fraction of sp³-hybridized carbons (Fsp3) is 0.143. The lowest BCUT2D eigenvalue weighted by Crippen LogP contribution is -2.19. The molecule has 92 valence electrons. The van der Waals surface area contributed by atoms with Crippen LogP contribution in [0, 0.1) is 5.82 Å². The van der Waals surface area contributed by atoms with Crippen molar-refractivity contribution >= 4 is 5.91 Å². The minimum Gasteiger partial charge on any atom is -0.352 e. The highest BCUT2D eigenvalue weighted by molar-refractivity contribution is 5.73. The normalized spacial score (nSPS) is 10.1. The summed E-state index contributed by atoms with van der Waals surface area (Å²) in [5.41, 5.74) is 2.49. The summed E-state index contributed by atoms with van der Waals surface area (Å²) in [6.45, 7) is 1.88. The van der Waals surface area contributed by atoms with E-state index in [0.29, 0.717) is 6.54 Å². The Balaban J connectivity index is 2.32. The monoisotopic (exact) mass is 244 g/mol. The van der Waals surface area contributed by atoms with E-state index in [0.717, 1.165) is 16.8 Å². The zero-order chi connectivity index (χ0) is 13.0. The summed E-state index contributed by atoms with van der Waals surface area (Å²) >= 11 is 0. The average Bonchev–Trinajstić information content (AvgIpc) is 2.38. The van der Waals surface area contributed by atoms with E-state index in [1.54, 1.807) is 18.3 Å². The number of carbonyl (C=O) groups is 1. The molecule has 0 unspecified atom stereocenters. The Kier molecular flexibility index (Phi) is 3.67. The molecule has 1 aromatic carbocycles. The van der Waals surface area contributed by atoms with Gasteiger partial charge in [-0.3, -0.25) is 9.78 Å². The van der Waals surface area contributed by atoms with Gasteiger partial charge in [0.1, 0.15) is 5.82 Å². The maximum Gasteiger partial charge on any atom is 0.217 e. The van der Waals surface area contributed by atoms with Crippen LogP contribution in [0.5, 0.6) is 0 Å². The van der Waals surface area contributed by atoms with Gasteiger partial charge >= 0.3 is 0 Å². The molecule has 0 aliphatic rings. The van der Waals surface area contributed by atoms with Crippen LogP contribution in [0.3, 0.4) is 0 Å². The van der Waals surface area contributed by atoms with Crippen molar-refractivity contribution < 1.29 is 9.18 Å². The number of pyridine rings is 1. The van der Waals surface area contributed by atoms with Gasteiger partial charge in [0.05, 0.1) is 5.69 Å². The Labute approximate surface area is 105 Å². The first-order chi connectivity index (χ1) is 8.66. The fourth-order valence-corrected chi connectivity index (χ4v) is 1.67. The first-order valence-electron chi connectivity index (χ1n) is 5.61. The molecule has 4 heteroatoms. The molecule has 2 aromatic rings. The van der Waals surface area contributed by atoms with Gasteiger partial charge in [-0.05, 0) is 35.9 Å². The lowest BCUT2D eigenvalue weighted by Gasteiger charge is -2.08.